The first-order valence-corrected chi connectivity index (χ1v) is 4.55. The van der Waals surface area contributed by atoms with Crippen LogP contribution in [0, 0.1) is 0 Å². The highest BCUT2D eigenvalue weighted by Crippen LogP contribution is 2.21. The zero-order valence-corrected chi connectivity index (χ0v) is 8.49. The monoisotopic (exact) mass is 222 g/mol. The molecule has 6 nitrogen and oxygen atoms in total. The molecule has 1 aromatic carbocycles. The summed E-state index contributed by atoms with van der Waals surface area (Å²) in [6, 6.07) is 6.96. The second-order valence-electron chi connectivity index (χ2n) is 3.06. The van der Waals surface area contributed by atoms with Gasteiger partial charge in [0, 0.05) is 5.56 Å². The summed E-state index contributed by atoms with van der Waals surface area (Å²) in [7, 11) is 1.57. The first kappa shape index (κ1) is 10.6. The first-order valence-electron chi connectivity index (χ1n) is 4.55. The van der Waals surface area contributed by atoms with E-state index in [1.54, 1.807) is 31.4 Å². The number of ether oxygens (including phenoxy) is 1. The number of aromatic nitrogens is 2. The molecule has 0 unspecified atom stereocenters. The van der Waals surface area contributed by atoms with Crippen LogP contribution in [0.3, 0.4) is 0 Å². The Kier molecular flexibility index (Phi) is 2.84. The molecule has 2 N–H and O–H groups in total. The normalized spacial score (nSPS) is 10.8. The van der Waals surface area contributed by atoms with Crippen LogP contribution in [0.4, 0.5) is 0 Å². The largest absolute Gasteiger partial charge is 0.497 e. The molecular formula is C10H10N2O4. The fraction of sp³-hybridized carbons (Fsp3) is 0.200. The van der Waals surface area contributed by atoms with E-state index in [2.05, 4.69) is 10.1 Å². The van der Waals surface area contributed by atoms with Crippen molar-refractivity contribution in [3.05, 3.63) is 30.1 Å². The third kappa shape index (κ3) is 2.02. The van der Waals surface area contributed by atoms with Crippen LogP contribution >= 0.6 is 0 Å². The van der Waals surface area contributed by atoms with E-state index in [9.17, 15) is 0 Å². The molecule has 0 saturated carbocycles. The van der Waals surface area contributed by atoms with E-state index in [1.807, 2.05) is 0 Å². The van der Waals surface area contributed by atoms with Gasteiger partial charge in [-0.3, -0.25) is 0 Å². The first-order chi connectivity index (χ1) is 7.70. The van der Waals surface area contributed by atoms with E-state index in [4.69, 9.17) is 19.5 Å². The molecule has 0 radical (unpaired) electrons. The molecule has 16 heavy (non-hydrogen) atoms. The smallest absolute Gasteiger partial charge is 0.258 e. The quantitative estimate of drug-likeness (QED) is 0.744. The molecule has 0 aliphatic carbocycles. The van der Waals surface area contributed by atoms with Crippen LogP contribution in [-0.2, 0) is 0 Å². The molecule has 0 bridgehead atoms. The second-order valence-corrected chi connectivity index (χ2v) is 3.06. The number of nitrogens with zero attached hydrogens (tertiary/aromatic N) is 2. The molecule has 6 heteroatoms. The number of benzene rings is 1. The summed E-state index contributed by atoms with van der Waals surface area (Å²) in [5.74, 6) is 0.780. The zero-order valence-electron chi connectivity index (χ0n) is 8.49. The molecular weight excluding hydrogens is 212 g/mol. The van der Waals surface area contributed by atoms with Crippen LogP contribution in [0.2, 0.25) is 0 Å². The molecule has 0 saturated heterocycles. The fourth-order valence-corrected chi connectivity index (χ4v) is 1.19. The van der Waals surface area contributed by atoms with Gasteiger partial charge in [0.1, 0.15) is 5.75 Å². The van der Waals surface area contributed by atoms with E-state index in [0.717, 1.165) is 0 Å². The Morgan fingerprint density at radius 2 is 1.94 bits per heavy atom. The predicted molar refractivity (Wildman–Crippen MR) is 53.5 cm³/mol. The number of rotatable bonds is 3. The molecule has 0 aliphatic rings. The molecule has 0 fully saturated rings. The highest BCUT2D eigenvalue weighted by atomic mass is 16.5. The molecule has 0 amide bonds. The second kappa shape index (κ2) is 4.30. The minimum Gasteiger partial charge on any atom is -0.497 e. The average Bonchev–Trinajstić information content (AvgIpc) is 2.78. The summed E-state index contributed by atoms with van der Waals surface area (Å²) in [6.07, 6.45) is -1.73. The van der Waals surface area contributed by atoms with E-state index in [0.29, 0.717) is 11.3 Å². The van der Waals surface area contributed by atoms with Gasteiger partial charge in [0.2, 0.25) is 12.1 Å². The van der Waals surface area contributed by atoms with Gasteiger partial charge in [0.05, 0.1) is 7.11 Å². The summed E-state index contributed by atoms with van der Waals surface area (Å²) in [6.45, 7) is 0. The maximum absolute atomic E-state index is 8.82. The van der Waals surface area contributed by atoms with Crippen molar-refractivity contribution in [2.45, 2.75) is 6.29 Å². The molecule has 84 valence electrons. The maximum Gasteiger partial charge on any atom is 0.258 e. The summed E-state index contributed by atoms with van der Waals surface area (Å²) in [5, 5.41) is 21.1. The van der Waals surface area contributed by atoms with Crippen LogP contribution in [-0.4, -0.2) is 27.5 Å². The Balaban J connectivity index is 2.28. The number of aliphatic hydroxyl groups excluding tert-OH is 1. The van der Waals surface area contributed by atoms with Crippen LogP contribution < -0.4 is 4.74 Å². The lowest BCUT2D eigenvalue weighted by Crippen LogP contribution is -1.96. The molecule has 0 atom stereocenters. The van der Waals surface area contributed by atoms with E-state index < -0.39 is 6.29 Å². The number of methoxy groups -OCH3 is 1. The lowest BCUT2D eigenvalue weighted by atomic mass is 10.2. The van der Waals surface area contributed by atoms with Gasteiger partial charge in [-0.25, -0.2) is 0 Å². The van der Waals surface area contributed by atoms with Crippen molar-refractivity contribution in [3.63, 3.8) is 0 Å². The molecule has 1 aromatic heterocycles. The average molecular weight is 222 g/mol. The SMILES string of the molecule is COc1ccc(-c2nc(C(O)O)no2)cc1. The minimum absolute atomic E-state index is 0.161. The lowest BCUT2D eigenvalue weighted by Gasteiger charge is -1.98. The summed E-state index contributed by atoms with van der Waals surface area (Å²) in [4.78, 5) is 3.82. The Bertz CT molecular complexity index is 464. The molecule has 2 rings (SSSR count). The van der Waals surface area contributed by atoms with E-state index in [-0.39, 0.29) is 11.7 Å². The predicted octanol–water partition coefficient (Wildman–Crippen LogP) is 0.728. The Morgan fingerprint density at radius 1 is 1.25 bits per heavy atom. The summed E-state index contributed by atoms with van der Waals surface area (Å²) < 4.78 is 9.87. The van der Waals surface area contributed by atoms with E-state index in [1.165, 1.54) is 0 Å². The van der Waals surface area contributed by atoms with Crippen molar-refractivity contribution >= 4 is 0 Å². The number of hydrogen-bond acceptors (Lipinski definition) is 6. The van der Waals surface area contributed by atoms with Crippen molar-refractivity contribution in [2.75, 3.05) is 7.11 Å². The molecule has 1 heterocycles. The van der Waals surface area contributed by atoms with Crippen molar-refractivity contribution in [1.82, 2.24) is 10.1 Å². The van der Waals surface area contributed by atoms with Gasteiger partial charge in [-0.15, -0.1) is 0 Å². The van der Waals surface area contributed by atoms with Crippen molar-refractivity contribution in [2.24, 2.45) is 0 Å². The molecule has 2 aromatic rings. The van der Waals surface area contributed by atoms with Crippen LogP contribution in [0.1, 0.15) is 12.1 Å². The third-order valence-corrected chi connectivity index (χ3v) is 2.01. The summed E-state index contributed by atoms with van der Waals surface area (Å²) in [5.41, 5.74) is 0.681. The lowest BCUT2D eigenvalue weighted by molar-refractivity contribution is -0.0506. The number of aliphatic hydroxyl groups is 2. The Labute approximate surface area is 91.1 Å². The van der Waals surface area contributed by atoms with Gasteiger partial charge in [-0.2, -0.15) is 4.98 Å². The van der Waals surface area contributed by atoms with Gasteiger partial charge in [-0.1, -0.05) is 5.16 Å². The van der Waals surface area contributed by atoms with Crippen LogP contribution in [0.15, 0.2) is 28.8 Å². The molecule has 0 aliphatic heterocycles. The topological polar surface area (TPSA) is 88.6 Å². The van der Waals surface area contributed by atoms with Crippen molar-refractivity contribution in [1.29, 1.82) is 0 Å². The standard InChI is InChI=1S/C10H10N2O4/c1-15-7-4-2-6(3-5-7)9-11-8(10(13)14)12-16-9/h2-5,10,13-14H,1H3. The highest BCUT2D eigenvalue weighted by molar-refractivity contribution is 5.54. The molecule has 0 spiro atoms. The van der Waals surface area contributed by atoms with Crippen molar-refractivity contribution in [3.8, 4) is 17.2 Å². The van der Waals surface area contributed by atoms with Gasteiger partial charge < -0.3 is 19.5 Å². The highest BCUT2D eigenvalue weighted by Gasteiger charge is 2.13. The minimum atomic E-state index is -1.73. The Hall–Kier alpha value is -1.92. The summed E-state index contributed by atoms with van der Waals surface area (Å²) >= 11 is 0. The van der Waals surface area contributed by atoms with Gasteiger partial charge >= 0.3 is 0 Å². The maximum atomic E-state index is 8.82. The van der Waals surface area contributed by atoms with E-state index >= 15 is 0 Å². The van der Waals surface area contributed by atoms with Gasteiger partial charge in [0.15, 0.2) is 0 Å². The van der Waals surface area contributed by atoms with Crippen LogP contribution in [0.5, 0.6) is 5.75 Å². The number of hydrogen-bond donors (Lipinski definition) is 2. The third-order valence-electron chi connectivity index (χ3n) is 2.01. The fourth-order valence-electron chi connectivity index (χ4n) is 1.19. The van der Waals surface area contributed by atoms with Crippen LogP contribution in [0.25, 0.3) is 11.5 Å². The zero-order chi connectivity index (χ0) is 11.5. The van der Waals surface area contributed by atoms with Crippen molar-refractivity contribution < 1.29 is 19.5 Å². The van der Waals surface area contributed by atoms with Gasteiger partial charge in [-0.05, 0) is 24.3 Å². The van der Waals surface area contributed by atoms with Gasteiger partial charge in [0.25, 0.3) is 5.89 Å². The Morgan fingerprint density at radius 3 is 2.44 bits per heavy atom.